The van der Waals surface area contributed by atoms with E-state index in [2.05, 4.69) is 30.1 Å². The van der Waals surface area contributed by atoms with Gasteiger partial charge in [0.25, 0.3) is 5.91 Å². The minimum atomic E-state index is 0.256. The summed E-state index contributed by atoms with van der Waals surface area (Å²) < 4.78 is 0. The Kier molecular flexibility index (Phi) is 4.65. The predicted molar refractivity (Wildman–Crippen MR) is 88.2 cm³/mol. The minimum Gasteiger partial charge on any atom is -0.336 e. The van der Waals surface area contributed by atoms with Gasteiger partial charge < -0.3 is 10.2 Å². The molecule has 3 nitrogen and oxygen atoms in total. The molecule has 2 bridgehead atoms. The zero-order valence-corrected chi connectivity index (χ0v) is 14.0. The van der Waals surface area contributed by atoms with Gasteiger partial charge >= 0.3 is 0 Å². The Hall–Kier alpha value is -0.870. The van der Waals surface area contributed by atoms with Crippen LogP contribution in [0.25, 0.3) is 0 Å². The van der Waals surface area contributed by atoms with Gasteiger partial charge in [-0.25, -0.2) is 0 Å². The number of nitrogens with zero attached hydrogens (tertiary/aromatic N) is 1. The van der Waals surface area contributed by atoms with Gasteiger partial charge in [-0.05, 0) is 43.7 Å². The fourth-order valence-electron chi connectivity index (χ4n) is 3.59. The van der Waals surface area contributed by atoms with E-state index in [0.29, 0.717) is 12.1 Å². The van der Waals surface area contributed by atoms with Crippen LogP contribution in [0.3, 0.4) is 0 Å². The number of likely N-dealkylation sites (tertiary alicyclic amines) is 1. The Morgan fingerprint density at radius 1 is 1.33 bits per heavy atom. The number of fused-ring (bicyclic) bond motifs is 2. The summed E-state index contributed by atoms with van der Waals surface area (Å²) in [5.74, 6) is 0.256. The molecule has 0 aliphatic carbocycles. The van der Waals surface area contributed by atoms with Crippen LogP contribution in [0.2, 0.25) is 0 Å². The van der Waals surface area contributed by atoms with E-state index >= 15 is 0 Å². The third-order valence-corrected chi connectivity index (χ3v) is 6.00. The molecule has 0 radical (unpaired) electrons. The highest BCUT2D eigenvalue weighted by Gasteiger charge is 2.32. The van der Waals surface area contributed by atoms with Crippen molar-refractivity contribution in [3.05, 3.63) is 21.4 Å². The molecule has 2 fully saturated rings. The van der Waals surface area contributed by atoms with Crippen molar-refractivity contribution in [1.82, 2.24) is 10.2 Å². The molecule has 1 aromatic heterocycles. The Bertz CT molecular complexity index is 511. The van der Waals surface area contributed by atoms with Gasteiger partial charge in [0.2, 0.25) is 0 Å². The first-order valence-corrected chi connectivity index (χ1v) is 9.19. The average molecular weight is 306 g/mol. The number of rotatable bonds is 4. The Morgan fingerprint density at radius 2 is 2.14 bits per heavy atom. The van der Waals surface area contributed by atoms with Crippen LogP contribution in [0.1, 0.15) is 59.6 Å². The second kappa shape index (κ2) is 6.49. The maximum absolute atomic E-state index is 12.8. The van der Waals surface area contributed by atoms with Crippen LogP contribution in [-0.4, -0.2) is 36.0 Å². The zero-order valence-electron chi connectivity index (χ0n) is 13.2. The summed E-state index contributed by atoms with van der Waals surface area (Å²) >= 11 is 1.73. The number of nitrogens with one attached hydrogen (secondary N) is 1. The lowest BCUT2D eigenvalue weighted by molar-refractivity contribution is 0.0753. The largest absolute Gasteiger partial charge is 0.336 e. The van der Waals surface area contributed by atoms with E-state index in [1.54, 1.807) is 11.3 Å². The van der Waals surface area contributed by atoms with Crippen LogP contribution in [0.5, 0.6) is 0 Å². The summed E-state index contributed by atoms with van der Waals surface area (Å²) in [6.45, 7) is 6.19. The number of thiophene rings is 1. The quantitative estimate of drug-likeness (QED) is 0.926. The Balaban J connectivity index is 1.75. The van der Waals surface area contributed by atoms with Crippen molar-refractivity contribution in [2.24, 2.45) is 0 Å². The van der Waals surface area contributed by atoms with E-state index in [0.717, 1.165) is 43.6 Å². The molecule has 0 spiro atoms. The lowest BCUT2D eigenvalue weighted by Crippen LogP contribution is -2.38. The van der Waals surface area contributed by atoms with E-state index < -0.39 is 0 Å². The molecule has 1 N–H and O–H groups in total. The first-order valence-electron chi connectivity index (χ1n) is 8.38. The molecule has 4 heteroatoms. The number of carbonyl (C=O) groups is 1. The van der Waals surface area contributed by atoms with Crippen LogP contribution >= 0.6 is 11.3 Å². The van der Waals surface area contributed by atoms with Gasteiger partial charge in [-0.1, -0.05) is 20.3 Å². The van der Waals surface area contributed by atoms with E-state index in [4.69, 9.17) is 0 Å². The minimum absolute atomic E-state index is 0.256. The normalized spacial score (nSPS) is 25.1. The standard InChI is InChI=1S/C17H26N2OS/c1-3-5-15-12(4-2)10-16(21-15)17(20)19-9-8-13-6-7-14(11-19)18-13/h10,13-14,18H,3-9,11H2,1-2H3. The number of aryl methyl sites for hydroxylation is 2. The van der Waals surface area contributed by atoms with Crippen molar-refractivity contribution in [2.75, 3.05) is 13.1 Å². The average Bonchev–Trinajstić information content (AvgIpc) is 3.02. The third kappa shape index (κ3) is 3.16. The van der Waals surface area contributed by atoms with Gasteiger partial charge in [0.05, 0.1) is 4.88 Å². The number of carbonyl (C=O) groups excluding carboxylic acids is 1. The van der Waals surface area contributed by atoms with E-state index in [-0.39, 0.29) is 5.91 Å². The number of amides is 1. The van der Waals surface area contributed by atoms with Crippen LogP contribution in [-0.2, 0) is 12.8 Å². The van der Waals surface area contributed by atoms with Crippen LogP contribution < -0.4 is 5.32 Å². The van der Waals surface area contributed by atoms with Crippen molar-refractivity contribution >= 4 is 17.2 Å². The molecule has 3 rings (SSSR count). The maximum atomic E-state index is 12.8. The fourth-order valence-corrected chi connectivity index (χ4v) is 4.92. The van der Waals surface area contributed by atoms with Crippen LogP contribution in [0.4, 0.5) is 0 Å². The van der Waals surface area contributed by atoms with Crippen molar-refractivity contribution in [3.8, 4) is 0 Å². The topological polar surface area (TPSA) is 32.3 Å². The lowest BCUT2D eigenvalue weighted by atomic mass is 10.1. The monoisotopic (exact) mass is 306 g/mol. The second-order valence-corrected chi connectivity index (χ2v) is 7.48. The molecule has 21 heavy (non-hydrogen) atoms. The summed E-state index contributed by atoms with van der Waals surface area (Å²) in [4.78, 5) is 17.3. The number of hydrogen-bond donors (Lipinski definition) is 1. The molecule has 116 valence electrons. The van der Waals surface area contributed by atoms with Crippen LogP contribution in [0, 0.1) is 0 Å². The van der Waals surface area contributed by atoms with Crippen LogP contribution in [0.15, 0.2) is 6.07 Å². The van der Waals surface area contributed by atoms with E-state index in [1.807, 2.05) is 0 Å². The fraction of sp³-hybridized carbons (Fsp3) is 0.706. The van der Waals surface area contributed by atoms with Gasteiger partial charge in [0.1, 0.15) is 0 Å². The van der Waals surface area contributed by atoms with Crippen molar-refractivity contribution in [3.63, 3.8) is 0 Å². The SMILES string of the molecule is CCCc1sc(C(=O)N2CCC3CCC(C2)N3)cc1CC. The highest BCUT2D eigenvalue weighted by molar-refractivity contribution is 7.14. The molecule has 1 aromatic rings. The van der Waals surface area contributed by atoms with E-state index in [1.165, 1.54) is 23.3 Å². The molecule has 2 unspecified atom stereocenters. The second-order valence-electron chi connectivity index (χ2n) is 6.34. The number of hydrogen-bond acceptors (Lipinski definition) is 3. The molecular formula is C17H26N2OS. The summed E-state index contributed by atoms with van der Waals surface area (Å²) in [5.41, 5.74) is 1.37. The van der Waals surface area contributed by atoms with Crippen molar-refractivity contribution in [1.29, 1.82) is 0 Å². The molecule has 0 aromatic carbocycles. The third-order valence-electron chi connectivity index (χ3n) is 4.78. The first kappa shape index (κ1) is 15.0. The zero-order chi connectivity index (χ0) is 14.8. The highest BCUT2D eigenvalue weighted by Crippen LogP contribution is 2.27. The van der Waals surface area contributed by atoms with Gasteiger partial charge in [-0.2, -0.15) is 0 Å². The summed E-state index contributed by atoms with van der Waals surface area (Å²) in [6, 6.07) is 3.30. The molecule has 0 saturated carbocycles. The Morgan fingerprint density at radius 3 is 2.90 bits per heavy atom. The van der Waals surface area contributed by atoms with Gasteiger partial charge in [-0.3, -0.25) is 4.79 Å². The summed E-state index contributed by atoms with van der Waals surface area (Å²) in [5, 5.41) is 3.65. The highest BCUT2D eigenvalue weighted by atomic mass is 32.1. The molecule has 2 aliphatic rings. The molecular weight excluding hydrogens is 280 g/mol. The molecule has 3 heterocycles. The molecule has 1 amide bonds. The Labute approximate surface area is 131 Å². The summed E-state index contributed by atoms with van der Waals surface area (Å²) in [6.07, 6.45) is 6.90. The maximum Gasteiger partial charge on any atom is 0.263 e. The molecule has 2 saturated heterocycles. The first-order chi connectivity index (χ1) is 10.2. The van der Waals surface area contributed by atoms with Crippen molar-refractivity contribution < 1.29 is 4.79 Å². The van der Waals surface area contributed by atoms with E-state index in [9.17, 15) is 4.79 Å². The summed E-state index contributed by atoms with van der Waals surface area (Å²) in [7, 11) is 0. The smallest absolute Gasteiger partial charge is 0.263 e. The lowest BCUT2D eigenvalue weighted by Gasteiger charge is -2.23. The predicted octanol–water partition coefficient (Wildman–Crippen LogP) is 3.23. The molecule has 2 aliphatic heterocycles. The van der Waals surface area contributed by atoms with Gasteiger partial charge in [0.15, 0.2) is 0 Å². The van der Waals surface area contributed by atoms with Crippen molar-refractivity contribution in [2.45, 2.75) is 64.5 Å². The molecule has 2 atom stereocenters. The van der Waals surface area contributed by atoms with Gasteiger partial charge in [0, 0.05) is 30.1 Å². The van der Waals surface area contributed by atoms with Gasteiger partial charge in [-0.15, -0.1) is 11.3 Å².